The molecule has 1 heterocycles. The van der Waals surface area contributed by atoms with Crippen molar-refractivity contribution in [3.8, 4) is 0 Å². The van der Waals surface area contributed by atoms with Gasteiger partial charge in [0.15, 0.2) is 0 Å². The van der Waals surface area contributed by atoms with E-state index in [0.717, 1.165) is 11.3 Å². The minimum absolute atomic E-state index is 0.287. The van der Waals surface area contributed by atoms with Crippen LogP contribution >= 0.6 is 0 Å². The second kappa shape index (κ2) is 5.68. The van der Waals surface area contributed by atoms with Crippen molar-refractivity contribution >= 4 is 17.8 Å². The molecule has 0 aromatic heterocycles. The van der Waals surface area contributed by atoms with E-state index in [1.165, 1.54) is 0 Å². The molecular formula is C16H19NO4. The van der Waals surface area contributed by atoms with E-state index in [2.05, 4.69) is 0 Å². The highest BCUT2D eigenvalue weighted by Gasteiger charge is 2.44. The molecule has 1 unspecified atom stereocenters. The Labute approximate surface area is 123 Å². The Morgan fingerprint density at radius 1 is 1.14 bits per heavy atom. The number of unbranched alkanes of at least 4 members (excludes halogenated alkanes) is 1. The monoisotopic (exact) mass is 289 g/mol. The zero-order valence-corrected chi connectivity index (χ0v) is 12.5. The van der Waals surface area contributed by atoms with Gasteiger partial charge in [0.2, 0.25) is 0 Å². The Hall–Kier alpha value is -2.17. The number of benzene rings is 1. The molecule has 0 fully saturated rings. The van der Waals surface area contributed by atoms with E-state index in [1.54, 1.807) is 26.0 Å². The lowest BCUT2D eigenvalue weighted by atomic mass is 9.99. The van der Waals surface area contributed by atoms with E-state index in [0.29, 0.717) is 28.7 Å². The fourth-order valence-corrected chi connectivity index (χ4v) is 2.74. The van der Waals surface area contributed by atoms with Crippen molar-refractivity contribution in [2.45, 2.75) is 46.1 Å². The summed E-state index contributed by atoms with van der Waals surface area (Å²) in [7, 11) is 0. The van der Waals surface area contributed by atoms with Crippen LogP contribution in [0.3, 0.4) is 0 Å². The van der Waals surface area contributed by atoms with E-state index in [-0.39, 0.29) is 6.42 Å². The van der Waals surface area contributed by atoms with Crippen molar-refractivity contribution in [1.29, 1.82) is 0 Å². The number of aliphatic carboxylic acids is 1. The smallest absolute Gasteiger partial charge is 0.326 e. The maximum absolute atomic E-state index is 12.5. The molecule has 112 valence electrons. The Bertz CT molecular complexity index is 580. The molecule has 0 saturated heterocycles. The summed E-state index contributed by atoms with van der Waals surface area (Å²) < 4.78 is 0. The van der Waals surface area contributed by atoms with Crippen molar-refractivity contribution in [3.63, 3.8) is 0 Å². The van der Waals surface area contributed by atoms with Gasteiger partial charge >= 0.3 is 5.97 Å². The number of fused-ring (bicyclic) bond motifs is 1. The number of hydrogen-bond acceptors (Lipinski definition) is 3. The van der Waals surface area contributed by atoms with Gasteiger partial charge in [-0.3, -0.25) is 14.5 Å². The molecule has 0 aliphatic carbocycles. The Kier molecular flexibility index (Phi) is 4.11. The lowest BCUT2D eigenvalue weighted by molar-refractivity contribution is -0.141. The first-order valence-electron chi connectivity index (χ1n) is 7.11. The van der Waals surface area contributed by atoms with Gasteiger partial charge in [-0.25, -0.2) is 4.79 Å². The standard InChI is InChI=1S/C16H19NO4/c1-4-5-6-11(16(20)21)17-14(18)12-9(2)7-8-10(3)13(12)15(17)19/h7-8,11H,4-6H2,1-3H3,(H,20,21). The van der Waals surface area contributed by atoms with E-state index in [1.807, 2.05) is 6.92 Å². The molecule has 0 radical (unpaired) electrons. The van der Waals surface area contributed by atoms with Crippen molar-refractivity contribution in [3.05, 3.63) is 34.4 Å². The Balaban J connectivity index is 2.47. The van der Waals surface area contributed by atoms with Crippen LogP contribution in [0.1, 0.15) is 58.0 Å². The number of carbonyl (C=O) groups is 3. The van der Waals surface area contributed by atoms with Gasteiger partial charge in [0.1, 0.15) is 6.04 Å². The maximum atomic E-state index is 12.5. The number of carbonyl (C=O) groups excluding carboxylic acids is 2. The van der Waals surface area contributed by atoms with Crippen LogP contribution in [0.5, 0.6) is 0 Å². The van der Waals surface area contributed by atoms with Crippen LogP contribution in [-0.4, -0.2) is 33.8 Å². The molecule has 1 aliphatic heterocycles. The summed E-state index contributed by atoms with van der Waals surface area (Å²) in [6, 6.07) is 2.48. The highest BCUT2D eigenvalue weighted by molar-refractivity contribution is 6.23. The summed E-state index contributed by atoms with van der Waals surface area (Å²) in [6.07, 6.45) is 1.75. The lowest BCUT2D eigenvalue weighted by Gasteiger charge is -2.22. The molecule has 21 heavy (non-hydrogen) atoms. The number of carboxylic acid groups (broad SMARTS) is 1. The Morgan fingerprint density at radius 2 is 1.62 bits per heavy atom. The summed E-state index contributed by atoms with van der Waals surface area (Å²) >= 11 is 0. The summed E-state index contributed by atoms with van der Waals surface area (Å²) in [5.74, 6) is -2.10. The highest BCUT2D eigenvalue weighted by atomic mass is 16.4. The van der Waals surface area contributed by atoms with Gasteiger partial charge in [-0.05, 0) is 31.4 Å². The maximum Gasteiger partial charge on any atom is 0.326 e. The molecular weight excluding hydrogens is 270 g/mol. The van der Waals surface area contributed by atoms with Crippen LogP contribution in [0.2, 0.25) is 0 Å². The molecule has 5 nitrogen and oxygen atoms in total. The topological polar surface area (TPSA) is 74.7 Å². The minimum Gasteiger partial charge on any atom is -0.480 e. The quantitative estimate of drug-likeness (QED) is 0.845. The normalized spacial score (nSPS) is 15.3. The van der Waals surface area contributed by atoms with Crippen LogP contribution in [0, 0.1) is 13.8 Å². The molecule has 1 aromatic rings. The summed E-state index contributed by atoms with van der Waals surface area (Å²) in [5, 5.41) is 9.37. The third-order valence-corrected chi connectivity index (χ3v) is 3.92. The third-order valence-electron chi connectivity index (χ3n) is 3.92. The second-order valence-electron chi connectivity index (χ2n) is 5.43. The SMILES string of the molecule is CCCCC(C(=O)O)N1C(=O)c2c(C)ccc(C)c2C1=O. The van der Waals surface area contributed by atoms with E-state index < -0.39 is 23.8 Å². The second-order valence-corrected chi connectivity index (χ2v) is 5.43. The molecule has 1 atom stereocenters. The molecule has 1 N–H and O–H groups in total. The van der Waals surface area contributed by atoms with Crippen molar-refractivity contribution in [2.75, 3.05) is 0 Å². The fraction of sp³-hybridized carbons (Fsp3) is 0.438. The number of imide groups is 1. The number of hydrogen-bond donors (Lipinski definition) is 1. The molecule has 1 aliphatic rings. The molecule has 5 heteroatoms. The van der Waals surface area contributed by atoms with Gasteiger partial charge in [0, 0.05) is 0 Å². The minimum atomic E-state index is -1.13. The van der Waals surface area contributed by atoms with Gasteiger partial charge in [-0.2, -0.15) is 0 Å². The van der Waals surface area contributed by atoms with E-state index in [9.17, 15) is 19.5 Å². The van der Waals surface area contributed by atoms with Gasteiger partial charge < -0.3 is 5.11 Å². The molecule has 2 amide bonds. The van der Waals surface area contributed by atoms with E-state index in [4.69, 9.17) is 0 Å². The van der Waals surface area contributed by atoms with Crippen LogP contribution in [-0.2, 0) is 4.79 Å². The van der Waals surface area contributed by atoms with Gasteiger partial charge in [-0.1, -0.05) is 31.9 Å². The molecule has 0 bridgehead atoms. The molecule has 0 spiro atoms. The number of carboxylic acids is 1. The zero-order valence-electron chi connectivity index (χ0n) is 12.5. The third kappa shape index (κ3) is 2.44. The average Bonchev–Trinajstić information content (AvgIpc) is 2.69. The molecule has 2 rings (SSSR count). The molecule has 0 saturated carbocycles. The number of amides is 2. The van der Waals surface area contributed by atoms with Crippen LogP contribution in [0.15, 0.2) is 12.1 Å². The van der Waals surface area contributed by atoms with Gasteiger partial charge in [0.05, 0.1) is 11.1 Å². The van der Waals surface area contributed by atoms with Gasteiger partial charge in [-0.15, -0.1) is 0 Å². The summed E-state index contributed by atoms with van der Waals surface area (Å²) in [5.41, 5.74) is 2.11. The fourth-order valence-electron chi connectivity index (χ4n) is 2.74. The highest BCUT2D eigenvalue weighted by Crippen LogP contribution is 2.31. The number of aryl methyl sites for hydroxylation is 2. The lowest BCUT2D eigenvalue weighted by Crippen LogP contribution is -2.44. The average molecular weight is 289 g/mol. The number of nitrogens with zero attached hydrogens (tertiary/aromatic N) is 1. The Morgan fingerprint density at radius 3 is 2.00 bits per heavy atom. The van der Waals surface area contributed by atoms with Crippen LogP contribution < -0.4 is 0 Å². The largest absolute Gasteiger partial charge is 0.480 e. The van der Waals surface area contributed by atoms with Crippen molar-refractivity contribution < 1.29 is 19.5 Å². The predicted octanol–water partition coefficient (Wildman–Crippen LogP) is 2.54. The number of rotatable bonds is 5. The van der Waals surface area contributed by atoms with Crippen molar-refractivity contribution in [2.24, 2.45) is 0 Å². The molecule has 1 aromatic carbocycles. The van der Waals surface area contributed by atoms with E-state index >= 15 is 0 Å². The summed E-state index contributed by atoms with van der Waals surface area (Å²) in [4.78, 5) is 37.4. The van der Waals surface area contributed by atoms with Gasteiger partial charge in [0.25, 0.3) is 11.8 Å². The first kappa shape index (κ1) is 15.2. The van der Waals surface area contributed by atoms with Crippen molar-refractivity contribution in [1.82, 2.24) is 4.90 Å². The first-order chi connectivity index (χ1) is 9.90. The zero-order chi connectivity index (χ0) is 15.7. The summed E-state index contributed by atoms with van der Waals surface area (Å²) in [6.45, 7) is 5.46. The predicted molar refractivity (Wildman–Crippen MR) is 77.4 cm³/mol. The van der Waals surface area contributed by atoms with Crippen LogP contribution in [0.4, 0.5) is 0 Å². The first-order valence-corrected chi connectivity index (χ1v) is 7.11. The van der Waals surface area contributed by atoms with Crippen LogP contribution in [0.25, 0.3) is 0 Å².